The fourth-order valence-electron chi connectivity index (χ4n) is 5.84. The van der Waals surface area contributed by atoms with Crippen LogP contribution in [0.1, 0.15) is 30.5 Å². The van der Waals surface area contributed by atoms with Crippen LogP contribution in [0.2, 0.25) is 0 Å². The van der Waals surface area contributed by atoms with Gasteiger partial charge in [0.1, 0.15) is 0 Å². The summed E-state index contributed by atoms with van der Waals surface area (Å²) in [6.07, 6.45) is 0. The van der Waals surface area contributed by atoms with E-state index >= 15 is 0 Å². The molecule has 0 N–H and O–H groups in total. The van der Waals surface area contributed by atoms with Gasteiger partial charge in [0, 0.05) is 22.1 Å². The first-order chi connectivity index (χ1) is 20.0. The van der Waals surface area contributed by atoms with E-state index in [1.807, 2.05) is 72.8 Å². The molecule has 1 heterocycles. The van der Waals surface area contributed by atoms with Crippen molar-refractivity contribution in [2.45, 2.75) is 19.3 Å². The molecule has 4 heteroatoms. The van der Waals surface area contributed by atoms with Crippen LogP contribution in [-0.4, -0.2) is 15.0 Å². The topological polar surface area (TPSA) is 62.5 Å². The minimum Gasteiger partial charge on any atom is -0.208 e. The third-order valence-corrected chi connectivity index (χ3v) is 8.00. The average Bonchev–Trinajstić information content (AvgIpc) is 3.27. The summed E-state index contributed by atoms with van der Waals surface area (Å²) in [5, 5.41) is 9.27. The molecule has 1 aliphatic carbocycles. The van der Waals surface area contributed by atoms with Gasteiger partial charge in [0.15, 0.2) is 17.5 Å². The molecule has 0 saturated heterocycles. The first kappa shape index (κ1) is 24.6. The van der Waals surface area contributed by atoms with Gasteiger partial charge in [-0.25, -0.2) is 15.0 Å². The number of nitriles is 1. The minimum atomic E-state index is -0.123. The lowest BCUT2D eigenvalue weighted by atomic mass is 9.82. The van der Waals surface area contributed by atoms with Crippen molar-refractivity contribution in [3.8, 4) is 62.5 Å². The van der Waals surface area contributed by atoms with Crippen molar-refractivity contribution in [1.29, 1.82) is 5.26 Å². The first-order valence-electron chi connectivity index (χ1n) is 13.7. The molecular weight excluding hydrogens is 500 g/mol. The molecule has 0 aliphatic heterocycles. The molecule has 0 spiro atoms. The Bertz CT molecular complexity index is 1970. The Kier molecular flexibility index (Phi) is 5.80. The van der Waals surface area contributed by atoms with E-state index in [0.29, 0.717) is 23.0 Å². The highest BCUT2D eigenvalue weighted by atomic mass is 15.0. The number of aromatic nitrogens is 3. The van der Waals surface area contributed by atoms with Crippen molar-refractivity contribution in [3.05, 3.63) is 138 Å². The van der Waals surface area contributed by atoms with E-state index in [0.717, 1.165) is 27.8 Å². The third-order valence-electron chi connectivity index (χ3n) is 8.00. The Morgan fingerprint density at radius 3 is 1.78 bits per heavy atom. The summed E-state index contributed by atoms with van der Waals surface area (Å²) in [7, 11) is 0. The second kappa shape index (κ2) is 9.66. The van der Waals surface area contributed by atoms with Crippen LogP contribution in [0.3, 0.4) is 0 Å². The lowest BCUT2D eigenvalue weighted by molar-refractivity contribution is 0.660. The zero-order valence-electron chi connectivity index (χ0n) is 22.8. The molecule has 7 rings (SSSR count). The second-order valence-electron chi connectivity index (χ2n) is 10.8. The molecule has 0 amide bonds. The zero-order valence-corrected chi connectivity index (χ0v) is 22.8. The normalized spacial score (nSPS) is 12.8. The lowest BCUT2D eigenvalue weighted by Gasteiger charge is -2.21. The summed E-state index contributed by atoms with van der Waals surface area (Å²) in [5.41, 5.74) is 10.5. The van der Waals surface area contributed by atoms with Crippen molar-refractivity contribution >= 4 is 0 Å². The number of hydrogen-bond acceptors (Lipinski definition) is 4. The molecule has 1 aliphatic rings. The summed E-state index contributed by atoms with van der Waals surface area (Å²) in [6, 6.07) is 43.2. The van der Waals surface area contributed by atoms with Crippen molar-refractivity contribution in [3.63, 3.8) is 0 Å². The highest BCUT2D eigenvalue weighted by molar-refractivity contribution is 5.84. The SMILES string of the molecule is CC1(C)c2ccccc2-c2ccc(-c3nc(-c4ccccc4)nc(-c4ccccc4-c4ccc(C#N)cc4)n3)cc21. The van der Waals surface area contributed by atoms with Crippen LogP contribution in [0.15, 0.2) is 121 Å². The zero-order chi connectivity index (χ0) is 28.0. The quantitative estimate of drug-likeness (QED) is 0.230. The molecule has 0 saturated carbocycles. The molecule has 4 nitrogen and oxygen atoms in total. The highest BCUT2D eigenvalue weighted by Gasteiger charge is 2.35. The molecule has 0 radical (unpaired) electrons. The van der Waals surface area contributed by atoms with E-state index in [4.69, 9.17) is 15.0 Å². The van der Waals surface area contributed by atoms with Crippen LogP contribution < -0.4 is 0 Å². The Balaban J connectivity index is 1.41. The van der Waals surface area contributed by atoms with Gasteiger partial charge in [-0.1, -0.05) is 117 Å². The standard InChI is InChI=1S/C37H26N4/c1-37(2)32-15-9-8-13-29(32)30-21-20-27(22-33(30)37)35-39-34(26-10-4-3-5-11-26)40-36(41-35)31-14-7-6-12-28(31)25-18-16-24(23-38)17-19-25/h3-22H,1-2H3. The predicted octanol–water partition coefficient (Wildman–Crippen LogP) is 8.72. The number of hydrogen-bond donors (Lipinski definition) is 0. The number of benzene rings is 5. The van der Waals surface area contributed by atoms with Crippen LogP contribution in [0, 0.1) is 11.3 Å². The van der Waals surface area contributed by atoms with Gasteiger partial charge in [-0.15, -0.1) is 0 Å². The van der Waals surface area contributed by atoms with Gasteiger partial charge in [-0.3, -0.25) is 0 Å². The molecule has 5 aromatic carbocycles. The van der Waals surface area contributed by atoms with E-state index in [1.165, 1.54) is 22.3 Å². The maximum Gasteiger partial charge on any atom is 0.164 e. The Morgan fingerprint density at radius 2 is 1.05 bits per heavy atom. The summed E-state index contributed by atoms with van der Waals surface area (Å²) in [5.74, 6) is 1.87. The highest BCUT2D eigenvalue weighted by Crippen LogP contribution is 2.49. The molecule has 0 unspecified atom stereocenters. The largest absolute Gasteiger partial charge is 0.208 e. The van der Waals surface area contributed by atoms with Crippen molar-refractivity contribution in [2.75, 3.05) is 0 Å². The van der Waals surface area contributed by atoms with Gasteiger partial charge in [0.2, 0.25) is 0 Å². The van der Waals surface area contributed by atoms with Gasteiger partial charge in [-0.05, 0) is 51.6 Å². The van der Waals surface area contributed by atoms with Crippen molar-refractivity contribution in [2.24, 2.45) is 0 Å². The van der Waals surface area contributed by atoms with Crippen LogP contribution in [-0.2, 0) is 5.41 Å². The minimum absolute atomic E-state index is 0.123. The fraction of sp³-hybridized carbons (Fsp3) is 0.0811. The van der Waals surface area contributed by atoms with Gasteiger partial charge in [-0.2, -0.15) is 5.26 Å². The molecule has 6 aromatic rings. The number of rotatable bonds is 4. The van der Waals surface area contributed by atoms with Gasteiger partial charge in [0.25, 0.3) is 0 Å². The van der Waals surface area contributed by atoms with Gasteiger partial charge in [0.05, 0.1) is 11.6 Å². The summed E-state index contributed by atoms with van der Waals surface area (Å²) in [6.45, 7) is 4.56. The van der Waals surface area contributed by atoms with E-state index in [9.17, 15) is 5.26 Å². The van der Waals surface area contributed by atoms with Crippen LogP contribution in [0.5, 0.6) is 0 Å². The van der Waals surface area contributed by atoms with E-state index in [1.54, 1.807) is 0 Å². The van der Waals surface area contributed by atoms with Crippen LogP contribution >= 0.6 is 0 Å². The van der Waals surface area contributed by atoms with Crippen molar-refractivity contribution in [1.82, 2.24) is 15.0 Å². The first-order valence-corrected chi connectivity index (χ1v) is 13.7. The van der Waals surface area contributed by atoms with E-state index < -0.39 is 0 Å². The molecule has 0 fully saturated rings. The number of fused-ring (bicyclic) bond motifs is 3. The monoisotopic (exact) mass is 526 g/mol. The van der Waals surface area contributed by atoms with E-state index in [2.05, 4.69) is 68.4 Å². The molecule has 194 valence electrons. The molecule has 1 aromatic heterocycles. The van der Waals surface area contributed by atoms with E-state index in [-0.39, 0.29) is 5.41 Å². The Labute approximate surface area is 239 Å². The Hall–Kier alpha value is -5.40. The smallest absolute Gasteiger partial charge is 0.164 e. The molecule has 0 atom stereocenters. The van der Waals surface area contributed by atoms with Gasteiger partial charge < -0.3 is 0 Å². The Morgan fingerprint density at radius 1 is 0.488 bits per heavy atom. The number of nitrogens with zero attached hydrogens (tertiary/aromatic N) is 4. The maximum atomic E-state index is 9.27. The predicted molar refractivity (Wildman–Crippen MR) is 164 cm³/mol. The summed E-state index contributed by atoms with van der Waals surface area (Å²) >= 11 is 0. The molecule has 41 heavy (non-hydrogen) atoms. The van der Waals surface area contributed by atoms with Crippen molar-refractivity contribution < 1.29 is 0 Å². The fourth-order valence-corrected chi connectivity index (χ4v) is 5.84. The van der Waals surface area contributed by atoms with Crippen LogP contribution in [0.25, 0.3) is 56.4 Å². The third kappa shape index (κ3) is 4.20. The summed E-state index contributed by atoms with van der Waals surface area (Å²) in [4.78, 5) is 15.0. The molecule has 0 bridgehead atoms. The van der Waals surface area contributed by atoms with Gasteiger partial charge >= 0.3 is 0 Å². The van der Waals surface area contributed by atoms with Crippen LogP contribution in [0.4, 0.5) is 0 Å². The second-order valence-corrected chi connectivity index (χ2v) is 10.8. The lowest BCUT2D eigenvalue weighted by Crippen LogP contribution is -2.15. The average molecular weight is 527 g/mol. The molecular formula is C37H26N4. The summed E-state index contributed by atoms with van der Waals surface area (Å²) < 4.78 is 0. The maximum absolute atomic E-state index is 9.27.